The first-order valence-electron chi connectivity index (χ1n) is 4.77. The van der Waals surface area contributed by atoms with Crippen LogP contribution in [-0.2, 0) is 0 Å². The maximum absolute atomic E-state index is 5.76. The minimum Gasteiger partial charge on any atom is -0.327 e. The number of likely N-dealkylation sites (tertiary alicyclic amines) is 1. The van der Waals surface area contributed by atoms with Crippen molar-refractivity contribution in [2.45, 2.75) is 38.3 Å². The molecule has 1 unspecified atom stereocenters. The zero-order valence-electron chi connectivity index (χ0n) is 7.29. The van der Waals surface area contributed by atoms with E-state index in [0.29, 0.717) is 6.04 Å². The standard InChI is InChI=1S/C9H18N2/c1-7-3-2-4-11(7)6-8-5-9(8)10/h7-9H,2-6,10H2,1H3/t7-,8-,9?/m0/s1. The molecule has 2 heteroatoms. The minimum absolute atomic E-state index is 0.530. The fourth-order valence-corrected chi connectivity index (χ4v) is 2.05. The van der Waals surface area contributed by atoms with Crippen LogP contribution in [0.25, 0.3) is 0 Å². The SMILES string of the molecule is C[C@H]1CCCN1C[C@@H]1CC1N. The quantitative estimate of drug-likeness (QED) is 0.638. The average Bonchev–Trinajstić information content (AvgIpc) is 2.48. The lowest BCUT2D eigenvalue weighted by molar-refractivity contribution is 0.256. The fourth-order valence-electron chi connectivity index (χ4n) is 2.05. The molecule has 2 N–H and O–H groups in total. The molecular formula is C9H18N2. The largest absolute Gasteiger partial charge is 0.327 e. The van der Waals surface area contributed by atoms with E-state index in [2.05, 4.69) is 11.8 Å². The summed E-state index contributed by atoms with van der Waals surface area (Å²) < 4.78 is 0. The normalized spacial score (nSPS) is 44.7. The molecule has 0 aromatic rings. The summed E-state index contributed by atoms with van der Waals surface area (Å²) in [7, 11) is 0. The monoisotopic (exact) mass is 154 g/mol. The Hall–Kier alpha value is -0.0800. The van der Waals surface area contributed by atoms with Gasteiger partial charge in [0.05, 0.1) is 0 Å². The first-order valence-corrected chi connectivity index (χ1v) is 4.77. The molecule has 1 heterocycles. The zero-order chi connectivity index (χ0) is 7.84. The molecule has 1 aliphatic carbocycles. The van der Waals surface area contributed by atoms with Crippen LogP contribution < -0.4 is 5.73 Å². The van der Waals surface area contributed by atoms with Crippen molar-refractivity contribution in [3.05, 3.63) is 0 Å². The third-order valence-electron chi connectivity index (χ3n) is 3.14. The highest BCUT2D eigenvalue weighted by Gasteiger charge is 2.36. The maximum Gasteiger partial charge on any atom is 0.00836 e. The number of hydrogen-bond donors (Lipinski definition) is 1. The van der Waals surface area contributed by atoms with Gasteiger partial charge in [0.15, 0.2) is 0 Å². The van der Waals surface area contributed by atoms with Crippen LogP contribution in [0, 0.1) is 5.92 Å². The van der Waals surface area contributed by atoms with Gasteiger partial charge in [0.25, 0.3) is 0 Å². The number of nitrogens with zero attached hydrogens (tertiary/aromatic N) is 1. The molecule has 0 bridgehead atoms. The summed E-state index contributed by atoms with van der Waals surface area (Å²) in [6.07, 6.45) is 4.05. The highest BCUT2D eigenvalue weighted by Crippen LogP contribution is 2.31. The third kappa shape index (κ3) is 1.57. The van der Waals surface area contributed by atoms with Crippen molar-refractivity contribution in [1.29, 1.82) is 0 Å². The molecule has 1 aliphatic heterocycles. The molecule has 11 heavy (non-hydrogen) atoms. The first kappa shape index (κ1) is 7.56. The van der Waals surface area contributed by atoms with Gasteiger partial charge in [0, 0.05) is 18.6 Å². The van der Waals surface area contributed by atoms with E-state index in [1.807, 2.05) is 0 Å². The first-order chi connectivity index (χ1) is 5.27. The van der Waals surface area contributed by atoms with Gasteiger partial charge < -0.3 is 10.6 Å². The second kappa shape index (κ2) is 2.76. The summed E-state index contributed by atoms with van der Waals surface area (Å²) in [6.45, 7) is 4.91. The zero-order valence-corrected chi connectivity index (χ0v) is 7.29. The van der Waals surface area contributed by atoms with Crippen molar-refractivity contribution < 1.29 is 0 Å². The average molecular weight is 154 g/mol. The molecular weight excluding hydrogens is 136 g/mol. The van der Waals surface area contributed by atoms with Gasteiger partial charge in [-0.15, -0.1) is 0 Å². The number of nitrogens with two attached hydrogens (primary N) is 1. The Morgan fingerprint density at radius 1 is 1.55 bits per heavy atom. The molecule has 3 atom stereocenters. The van der Waals surface area contributed by atoms with Crippen LogP contribution in [0.15, 0.2) is 0 Å². The number of hydrogen-bond acceptors (Lipinski definition) is 2. The Morgan fingerprint density at radius 2 is 2.27 bits per heavy atom. The van der Waals surface area contributed by atoms with Crippen molar-refractivity contribution in [3.63, 3.8) is 0 Å². The van der Waals surface area contributed by atoms with E-state index in [-0.39, 0.29) is 0 Å². The predicted octanol–water partition coefficient (Wildman–Crippen LogP) is 0.818. The summed E-state index contributed by atoms with van der Waals surface area (Å²) in [5.74, 6) is 0.829. The fraction of sp³-hybridized carbons (Fsp3) is 1.00. The number of rotatable bonds is 2. The lowest BCUT2D eigenvalue weighted by Gasteiger charge is -2.20. The van der Waals surface area contributed by atoms with Crippen molar-refractivity contribution in [2.24, 2.45) is 11.7 Å². The van der Waals surface area contributed by atoms with Gasteiger partial charge in [-0.1, -0.05) is 0 Å². The Balaban J connectivity index is 1.77. The van der Waals surface area contributed by atoms with E-state index in [1.54, 1.807) is 0 Å². The Bertz CT molecular complexity index is 146. The highest BCUT2D eigenvalue weighted by molar-refractivity contribution is 4.93. The van der Waals surface area contributed by atoms with Gasteiger partial charge in [0.1, 0.15) is 0 Å². The van der Waals surface area contributed by atoms with Crippen LogP contribution in [0.1, 0.15) is 26.2 Å². The van der Waals surface area contributed by atoms with Gasteiger partial charge in [-0.25, -0.2) is 0 Å². The van der Waals surface area contributed by atoms with E-state index in [9.17, 15) is 0 Å². The van der Waals surface area contributed by atoms with E-state index < -0.39 is 0 Å². The van der Waals surface area contributed by atoms with E-state index in [0.717, 1.165) is 12.0 Å². The van der Waals surface area contributed by atoms with Crippen LogP contribution in [0.4, 0.5) is 0 Å². The van der Waals surface area contributed by atoms with E-state index >= 15 is 0 Å². The second-order valence-corrected chi connectivity index (χ2v) is 4.15. The van der Waals surface area contributed by atoms with Crippen LogP contribution >= 0.6 is 0 Å². The smallest absolute Gasteiger partial charge is 0.00836 e. The lowest BCUT2D eigenvalue weighted by atomic mass is 10.2. The lowest BCUT2D eigenvalue weighted by Crippen LogP contribution is -2.30. The Morgan fingerprint density at radius 3 is 2.73 bits per heavy atom. The van der Waals surface area contributed by atoms with Gasteiger partial charge in [-0.3, -0.25) is 0 Å². The Labute approximate surface area is 68.7 Å². The van der Waals surface area contributed by atoms with Crippen molar-refractivity contribution in [3.8, 4) is 0 Å². The van der Waals surface area contributed by atoms with E-state index in [1.165, 1.54) is 32.4 Å². The predicted molar refractivity (Wildman–Crippen MR) is 46.4 cm³/mol. The molecule has 2 aliphatic rings. The summed E-state index contributed by atoms with van der Waals surface area (Å²) in [5.41, 5.74) is 5.76. The highest BCUT2D eigenvalue weighted by atomic mass is 15.2. The van der Waals surface area contributed by atoms with Crippen LogP contribution in [0.2, 0.25) is 0 Å². The summed E-state index contributed by atoms with van der Waals surface area (Å²) in [4.78, 5) is 2.59. The van der Waals surface area contributed by atoms with Crippen molar-refractivity contribution >= 4 is 0 Å². The van der Waals surface area contributed by atoms with Crippen molar-refractivity contribution in [2.75, 3.05) is 13.1 Å². The molecule has 0 spiro atoms. The summed E-state index contributed by atoms with van der Waals surface area (Å²) in [5, 5.41) is 0. The molecule has 2 nitrogen and oxygen atoms in total. The van der Waals surface area contributed by atoms with Gasteiger partial charge in [-0.05, 0) is 38.6 Å². The minimum atomic E-state index is 0.530. The molecule has 0 amide bonds. The van der Waals surface area contributed by atoms with Gasteiger partial charge >= 0.3 is 0 Å². The third-order valence-corrected chi connectivity index (χ3v) is 3.14. The molecule has 0 aromatic heterocycles. The van der Waals surface area contributed by atoms with E-state index in [4.69, 9.17) is 5.73 Å². The maximum atomic E-state index is 5.76. The topological polar surface area (TPSA) is 29.3 Å². The second-order valence-electron chi connectivity index (χ2n) is 4.15. The van der Waals surface area contributed by atoms with Crippen LogP contribution in [-0.4, -0.2) is 30.1 Å². The molecule has 1 saturated carbocycles. The molecule has 0 aromatic carbocycles. The Kier molecular flexibility index (Phi) is 1.90. The van der Waals surface area contributed by atoms with Gasteiger partial charge in [0.2, 0.25) is 0 Å². The van der Waals surface area contributed by atoms with Crippen molar-refractivity contribution in [1.82, 2.24) is 4.90 Å². The summed E-state index contributed by atoms with van der Waals surface area (Å²) in [6, 6.07) is 1.35. The molecule has 1 saturated heterocycles. The van der Waals surface area contributed by atoms with Crippen LogP contribution in [0.3, 0.4) is 0 Å². The molecule has 2 fully saturated rings. The molecule has 64 valence electrons. The molecule has 0 radical (unpaired) electrons. The van der Waals surface area contributed by atoms with Gasteiger partial charge in [-0.2, -0.15) is 0 Å². The van der Waals surface area contributed by atoms with Crippen LogP contribution in [0.5, 0.6) is 0 Å². The summed E-state index contributed by atoms with van der Waals surface area (Å²) >= 11 is 0. The molecule has 2 rings (SSSR count).